The van der Waals surface area contributed by atoms with Gasteiger partial charge in [0.25, 0.3) is 0 Å². The first-order valence-corrected chi connectivity index (χ1v) is 5.85. The summed E-state index contributed by atoms with van der Waals surface area (Å²) in [5.74, 6) is -0.0194. The van der Waals surface area contributed by atoms with E-state index in [1.807, 2.05) is 31.2 Å². The number of anilines is 2. The summed E-state index contributed by atoms with van der Waals surface area (Å²) in [7, 11) is 0. The SMILES string of the molecule is Cc1ccccc1CC(=O)Nc1ccc(N)cc1. The van der Waals surface area contributed by atoms with Crippen LogP contribution < -0.4 is 11.1 Å². The van der Waals surface area contributed by atoms with Crippen molar-refractivity contribution in [3.05, 3.63) is 59.7 Å². The molecule has 0 aromatic heterocycles. The van der Waals surface area contributed by atoms with E-state index in [2.05, 4.69) is 5.32 Å². The van der Waals surface area contributed by atoms with Gasteiger partial charge in [-0.3, -0.25) is 4.79 Å². The van der Waals surface area contributed by atoms with Crippen LogP contribution in [0.3, 0.4) is 0 Å². The van der Waals surface area contributed by atoms with E-state index in [4.69, 9.17) is 5.73 Å². The van der Waals surface area contributed by atoms with Crippen molar-refractivity contribution < 1.29 is 4.79 Å². The first kappa shape index (κ1) is 12.2. The second kappa shape index (κ2) is 5.36. The molecule has 18 heavy (non-hydrogen) atoms. The minimum Gasteiger partial charge on any atom is -0.399 e. The van der Waals surface area contributed by atoms with E-state index in [-0.39, 0.29) is 5.91 Å². The van der Waals surface area contributed by atoms with Crippen molar-refractivity contribution in [2.24, 2.45) is 0 Å². The third-order valence-electron chi connectivity index (χ3n) is 2.81. The molecule has 2 aromatic carbocycles. The number of benzene rings is 2. The number of aryl methyl sites for hydroxylation is 1. The Hall–Kier alpha value is -2.29. The van der Waals surface area contributed by atoms with E-state index in [1.54, 1.807) is 24.3 Å². The number of carbonyl (C=O) groups is 1. The fourth-order valence-electron chi connectivity index (χ4n) is 1.75. The van der Waals surface area contributed by atoms with Crippen molar-refractivity contribution in [1.29, 1.82) is 0 Å². The summed E-state index contributed by atoms with van der Waals surface area (Å²) in [5.41, 5.74) is 9.22. The standard InChI is InChI=1S/C15H16N2O/c1-11-4-2-3-5-12(11)10-15(18)17-14-8-6-13(16)7-9-14/h2-9H,10,16H2,1H3,(H,17,18). The smallest absolute Gasteiger partial charge is 0.228 e. The molecule has 2 rings (SSSR count). The lowest BCUT2D eigenvalue weighted by atomic mass is 10.1. The summed E-state index contributed by atoms with van der Waals surface area (Å²) in [6.07, 6.45) is 0.386. The monoisotopic (exact) mass is 240 g/mol. The second-order valence-electron chi connectivity index (χ2n) is 4.27. The van der Waals surface area contributed by atoms with E-state index < -0.39 is 0 Å². The van der Waals surface area contributed by atoms with Crippen LogP contribution in [0.2, 0.25) is 0 Å². The molecule has 0 aliphatic heterocycles. The molecule has 92 valence electrons. The second-order valence-corrected chi connectivity index (χ2v) is 4.27. The molecule has 0 atom stereocenters. The molecule has 0 saturated heterocycles. The zero-order valence-corrected chi connectivity index (χ0v) is 10.3. The van der Waals surface area contributed by atoms with Crippen LogP contribution >= 0.6 is 0 Å². The normalized spacial score (nSPS) is 10.1. The quantitative estimate of drug-likeness (QED) is 0.810. The van der Waals surface area contributed by atoms with Crippen LogP contribution in [0.1, 0.15) is 11.1 Å². The minimum absolute atomic E-state index is 0.0194. The van der Waals surface area contributed by atoms with Gasteiger partial charge < -0.3 is 11.1 Å². The maximum atomic E-state index is 11.9. The molecule has 0 saturated carbocycles. The summed E-state index contributed by atoms with van der Waals surface area (Å²) in [4.78, 5) is 11.9. The van der Waals surface area contributed by atoms with Crippen molar-refractivity contribution in [2.45, 2.75) is 13.3 Å². The largest absolute Gasteiger partial charge is 0.399 e. The van der Waals surface area contributed by atoms with Crippen molar-refractivity contribution in [3.8, 4) is 0 Å². The van der Waals surface area contributed by atoms with E-state index in [0.717, 1.165) is 16.8 Å². The zero-order valence-electron chi connectivity index (χ0n) is 10.3. The predicted molar refractivity (Wildman–Crippen MR) is 74.4 cm³/mol. The van der Waals surface area contributed by atoms with Crippen LogP contribution in [0.4, 0.5) is 11.4 Å². The molecule has 0 aliphatic rings. The van der Waals surface area contributed by atoms with Gasteiger partial charge in [-0.25, -0.2) is 0 Å². The summed E-state index contributed by atoms with van der Waals surface area (Å²) < 4.78 is 0. The Labute approximate surface area is 107 Å². The van der Waals surface area contributed by atoms with Gasteiger partial charge in [0.05, 0.1) is 6.42 Å². The molecule has 0 spiro atoms. The summed E-state index contributed by atoms with van der Waals surface area (Å²) in [6.45, 7) is 2.01. The number of nitrogens with two attached hydrogens (primary N) is 1. The van der Waals surface area contributed by atoms with Crippen molar-refractivity contribution in [3.63, 3.8) is 0 Å². The Balaban J connectivity index is 2.01. The van der Waals surface area contributed by atoms with Gasteiger partial charge in [-0.05, 0) is 42.3 Å². The number of hydrogen-bond acceptors (Lipinski definition) is 2. The van der Waals surface area contributed by atoms with Gasteiger partial charge in [0.2, 0.25) is 5.91 Å². The fraction of sp³-hybridized carbons (Fsp3) is 0.133. The van der Waals surface area contributed by atoms with Gasteiger partial charge in [0, 0.05) is 11.4 Å². The molecule has 3 heteroatoms. The third kappa shape index (κ3) is 3.10. The molecular weight excluding hydrogens is 224 g/mol. The molecule has 3 N–H and O–H groups in total. The number of nitrogens with one attached hydrogen (secondary N) is 1. The highest BCUT2D eigenvalue weighted by Gasteiger charge is 2.05. The number of amides is 1. The van der Waals surface area contributed by atoms with Crippen LogP contribution in [0.15, 0.2) is 48.5 Å². The molecule has 2 aromatic rings. The average molecular weight is 240 g/mol. The topological polar surface area (TPSA) is 55.1 Å². The lowest BCUT2D eigenvalue weighted by Crippen LogP contribution is -2.14. The highest BCUT2D eigenvalue weighted by atomic mass is 16.1. The number of carbonyl (C=O) groups excluding carboxylic acids is 1. The van der Waals surface area contributed by atoms with E-state index >= 15 is 0 Å². The van der Waals surface area contributed by atoms with Gasteiger partial charge in [-0.1, -0.05) is 24.3 Å². The minimum atomic E-state index is -0.0194. The van der Waals surface area contributed by atoms with E-state index in [9.17, 15) is 4.79 Å². The number of rotatable bonds is 3. The maximum absolute atomic E-state index is 11.9. The van der Waals surface area contributed by atoms with Gasteiger partial charge in [-0.2, -0.15) is 0 Å². The van der Waals surface area contributed by atoms with Crippen LogP contribution in [-0.4, -0.2) is 5.91 Å². The number of nitrogen functional groups attached to an aromatic ring is 1. The van der Waals surface area contributed by atoms with Crippen molar-refractivity contribution in [2.75, 3.05) is 11.1 Å². The van der Waals surface area contributed by atoms with Gasteiger partial charge >= 0.3 is 0 Å². The zero-order chi connectivity index (χ0) is 13.0. The summed E-state index contributed by atoms with van der Waals surface area (Å²) in [6, 6.07) is 15.0. The maximum Gasteiger partial charge on any atom is 0.228 e. The van der Waals surface area contributed by atoms with Crippen LogP contribution in [-0.2, 0) is 11.2 Å². The average Bonchev–Trinajstić information content (AvgIpc) is 2.35. The summed E-state index contributed by atoms with van der Waals surface area (Å²) in [5, 5.41) is 2.85. The molecule has 0 fully saturated rings. The Bertz CT molecular complexity index is 547. The van der Waals surface area contributed by atoms with Gasteiger partial charge in [0.1, 0.15) is 0 Å². The third-order valence-corrected chi connectivity index (χ3v) is 2.81. The lowest BCUT2D eigenvalue weighted by Gasteiger charge is -2.07. The molecule has 0 bridgehead atoms. The number of hydrogen-bond donors (Lipinski definition) is 2. The van der Waals surface area contributed by atoms with Crippen molar-refractivity contribution >= 4 is 17.3 Å². The molecule has 3 nitrogen and oxygen atoms in total. The van der Waals surface area contributed by atoms with E-state index in [0.29, 0.717) is 12.1 Å². The molecule has 0 heterocycles. The highest BCUT2D eigenvalue weighted by Crippen LogP contribution is 2.12. The van der Waals surface area contributed by atoms with Crippen molar-refractivity contribution in [1.82, 2.24) is 0 Å². The van der Waals surface area contributed by atoms with Gasteiger partial charge in [0.15, 0.2) is 0 Å². The lowest BCUT2D eigenvalue weighted by molar-refractivity contribution is -0.115. The fourth-order valence-corrected chi connectivity index (χ4v) is 1.75. The highest BCUT2D eigenvalue weighted by molar-refractivity contribution is 5.92. The predicted octanol–water partition coefficient (Wildman–Crippen LogP) is 2.76. The Morgan fingerprint density at radius 3 is 2.44 bits per heavy atom. The molecule has 0 aliphatic carbocycles. The molecule has 0 radical (unpaired) electrons. The molecular formula is C15H16N2O. The Morgan fingerprint density at radius 2 is 1.78 bits per heavy atom. The van der Waals surface area contributed by atoms with Crippen LogP contribution in [0.5, 0.6) is 0 Å². The first-order valence-electron chi connectivity index (χ1n) is 5.85. The van der Waals surface area contributed by atoms with E-state index in [1.165, 1.54) is 0 Å². The van der Waals surface area contributed by atoms with Crippen LogP contribution in [0, 0.1) is 6.92 Å². The Kier molecular flexibility index (Phi) is 3.63. The van der Waals surface area contributed by atoms with Crippen LogP contribution in [0.25, 0.3) is 0 Å². The summed E-state index contributed by atoms with van der Waals surface area (Å²) >= 11 is 0. The first-order chi connectivity index (χ1) is 8.65. The molecule has 1 amide bonds. The molecule has 0 unspecified atom stereocenters. The Morgan fingerprint density at radius 1 is 1.11 bits per heavy atom. The van der Waals surface area contributed by atoms with Gasteiger partial charge in [-0.15, -0.1) is 0 Å².